The van der Waals surface area contributed by atoms with Crippen molar-refractivity contribution < 1.29 is 0 Å². The highest BCUT2D eigenvalue weighted by Crippen LogP contribution is 2.10. The molecule has 1 aromatic rings. The molecule has 0 aliphatic rings. The van der Waals surface area contributed by atoms with E-state index in [1.54, 1.807) is 31.4 Å². The van der Waals surface area contributed by atoms with Crippen LogP contribution in [0, 0.1) is 10.8 Å². The lowest BCUT2D eigenvalue weighted by Crippen LogP contribution is -2.45. The Balaban J connectivity index is 2.76. The van der Waals surface area contributed by atoms with Crippen LogP contribution in [0.1, 0.15) is 0 Å². The van der Waals surface area contributed by atoms with Gasteiger partial charge in [0.25, 0.3) is 0 Å². The average Bonchev–Trinajstić information content (AvgIpc) is 2.67. The Morgan fingerprint density at radius 3 is 2.50 bits per heavy atom. The summed E-state index contributed by atoms with van der Waals surface area (Å²) in [5.74, 6) is -0.00511. The van der Waals surface area contributed by atoms with Crippen LogP contribution in [0.2, 0.25) is 0 Å². The number of aromatic nitrogens is 1. The van der Waals surface area contributed by atoms with Crippen molar-refractivity contribution in [2.45, 2.75) is 0 Å². The maximum Gasteiger partial charge on any atom is 0.204 e. The molecule has 0 unspecified atom stereocenters. The first-order chi connectivity index (χ1) is 6.54. The number of guanidine groups is 2. The van der Waals surface area contributed by atoms with Crippen LogP contribution in [0.25, 0.3) is 0 Å². The lowest BCUT2D eigenvalue weighted by Gasteiger charge is -2.25. The van der Waals surface area contributed by atoms with Crippen LogP contribution < -0.4 is 10.6 Å². The van der Waals surface area contributed by atoms with Crippen molar-refractivity contribution in [3.63, 3.8) is 0 Å². The van der Waals surface area contributed by atoms with E-state index in [1.807, 2.05) is 6.07 Å². The molecule has 5 N–H and O–H groups in total. The number of hydrogen-bond donors (Lipinski definition) is 4. The van der Waals surface area contributed by atoms with Gasteiger partial charge in [-0.15, -0.1) is 0 Å². The third kappa shape index (κ3) is 1.85. The second-order valence-electron chi connectivity index (χ2n) is 2.90. The highest BCUT2D eigenvalue weighted by Gasteiger charge is 2.13. The highest BCUT2D eigenvalue weighted by molar-refractivity contribution is 6.02. The van der Waals surface area contributed by atoms with Crippen LogP contribution in [-0.4, -0.2) is 35.9 Å². The highest BCUT2D eigenvalue weighted by atomic mass is 15.4. The standard InChI is InChI=1S/C8H14N6/c1-13(6-3-4-12-5-6)8(11)14(2)7(9)10/h3-5,11-12H,1-2H3,(H3,9,10). The molecule has 1 rings (SSSR count). The van der Waals surface area contributed by atoms with Gasteiger partial charge in [0.1, 0.15) is 0 Å². The van der Waals surface area contributed by atoms with Gasteiger partial charge >= 0.3 is 0 Å². The number of anilines is 1. The summed E-state index contributed by atoms with van der Waals surface area (Å²) in [6.45, 7) is 0. The maximum atomic E-state index is 7.72. The molecule has 14 heavy (non-hydrogen) atoms. The molecule has 0 atom stereocenters. The zero-order valence-electron chi connectivity index (χ0n) is 8.20. The smallest absolute Gasteiger partial charge is 0.204 e. The normalized spacial score (nSPS) is 9.57. The first-order valence-electron chi connectivity index (χ1n) is 4.07. The minimum absolute atomic E-state index is 0.150. The first kappa shape index (κ1) is 10.1. The SMILES string of the molecule is CN(C(=N)N)C(=N)N(C)c1cc[nH]c1. The van der Waals surface area contributed by atoms with E-state index in [-0.39, 0.29) is 11.9 Å². The van der Waals surface area contributed by atoms with E-state index in [4.69, 9.17) is 16.6 Å². The molecule has 0 saturated heterocycles. The van der Waals surface area contributed by atoms with Gasteiger partial charge in [0.05, 0.1) is 5.69 Å². The fraction of sp³-hybridized carbons (Fsp3) is 0.250. The van der Waals surface area contributed by atoms with E-state index in [2.05, 4.69) is 4.98 Å². The predicted molar refractivity (Wildman–Crippen MR) is 56.6 cm³/mol. The molecule has 0 aliphatic carbocycles. The van der Waals surface area contributed by atoms with Crippen LogP contribution in [0.5, 0.6) is 0 Å². The number of nitrogens with zero attached hydrogens (tertiary/aromatic N) is 2. The molecule has 76 valence electrons. The van der Waals surface area contributed by atoms with Crippen molar-refractivity contribution in [1.82, 2.24) is 9.88 Å². The molecule has 1 heterocycles. The van der Waals surface area contributed by atoms with E-state index in [0.717, 1.165) is 5.69 Å². The third-order valence-corrected chi connectivity index (χ3v) is 1.97. The lowest BCUT2D eigenvalue weighted by atomic mass is 10.5. The number of rotatable bonds is 1. The van der Waals surface area contributed by atoms with E-state index < -0.39 is 0 Å². The van der Waals surface area contributed by atoms with Crippen LogP contribution in [0.4, 0.5) is 5.69 Å². The van der Waals surface area contributed by atoms with Crippen LogP contribution in [-0.2, 0) is 0 Å². The summed E-state index contributed by atoms with van der Waals surface area (Å²) in [6.07, 6.45) is 3.54. The molecule has 0 fully saturated rings. The summed E-state index contributed by atoms with van der Waals surface area (Å²) in [5.41, 5.74) is 6.11. The van der Waals surface area contributed by atoms with Crippen molar-refractivity contribution in [2.75, 3.05) is 19.0 Å². The fourth-order valence-corrected chi connectivity index (χ4v) is 0.985. The molecule has 6 nitrogen and oxygen atoms in total. The Labute approximate surface area is 82.3 Å². The summed E-state index contributed by atoms with van der Waals surface area (Å²) < 4.78 is 0. The average molecular weight is 194 g/mol. The van der Waals surface area contributed by atoms with E-state index in [9.17, 15) is 0 Å². The number of H-pyrrole nitrogens is 1. The summed E-state index contributed by atoms with van der Waals surface area (Å²) in [5, 5.41) is 14.9. The van der Waals surface area contributed by atoms with Crippen LogP contribution >= 0.6 is 0 Å². The molecule has 0 saturated carbocycles. The van der Waals surface area contributed by atoms with Crippen molar-refractivity contribution in [3.05, 3.63) is 18.5 Å². The second kappa shape index (κ2) is 3.82. The zero-order valence-corrected chi connectivity index (χ0v) is 8.20. The first-order valence-corrected chi connectivity index (χ1v) is 4.07. The van der Waals surface area contributed by atoms with Gasteiger partial charge in [-0.1, -0.05) is 0 Å². The van der Waals surface area contributed by atoms with Crippen molar-refractivity contribution in [2.24, 2.45) is 5.73 Å². The van der Waals surface area contributed by atoms with Crippen LogP contribution in [0.3, 0.4) is 0 Å². The summed E-state index contributed by atoms with van der Waals surface area (Å²) in [6, 6.07) is 1.84. The molecule has 1 aromatic heterocycles. The summed E-state index contributed by atoms with van der Waals surface area (Å²) in [7, 11) is 3.32. The van der Waals surface area contributed by atoms with Gasteiger partial charge in [-0.25, -0.2) is 0 Å². The van der Waals surface area contributed by atoms with Crippen molar-refractivity contribution in [1.29, 1.82) is 10.8 Å². The van der Waals surface area contributed by atoms with Gasteiger partial charge in [-0.3, -0.25) is 15.7 Å². The van der Waals surface area contributed by atoms with E-state index >= 15 is 0 Å². The molecule has 0 aromatic carbocycles. The number of nitrogens with one attached hydrogen (secondary N) is 3. The molecule has 0 amide bonds. The van der Waals surface area contributed by atoms with Gasteiger partial charge in [0.15, 0.2) is 5.96 Å². The van der Waals surface area contributed by atoms with Gasteiger partial charge in [-0.05, 0) is 6.07 Å². The molecule has 0 aliphatic heterocycles. The van der Waals surface area contributed by atoms with Crippen molar-refractivity contribution in [3.8, 4) is 0 Å². The molecule has 0 radical (unpaired) electrons. The predicted octanol–water partition coefficient (Wildman–Crippen LogP) is 0.211. The summed E-state index contributed by atoms with van der Waals surface area (Å²) >= 11 is 0. The van der Waals surface area contributed by atoms with Crippen molar-refractivity contribution >= 4 is 17.6 Å². The Morgan fingerprint density at radius 2 is 2.07 bits per heavy atom. The van der Waals surface area contributed by atoms with Gasteiger partial charge in [-0.2, -0.15) is 0 Å². The maximum absolute atomic E-state index is 7.72. The molecule has 0 spiro atoms. The Kier molecular flexibility index (Phi) is 2.76. The van der Waals surface area contributed by atoms with Gasteiger partial charge in [0.2, 0.25) is 5.96 Å². The Bertz CT molecular complexity index is 328. The number of hydrogen-bond acceptors (Lipinski definition) is 2. The quantitative estimate of drug-likeness (QED) is 0.380. The zero-order chi connectivity index (χ0) is 10.7. The molecular formula is C8H14N6. The summed E-state index contributed by atoms with van der Waals surface area (Å²) in [4.78, 5) is 5.80. The number of nitrogens with two attached hydrogens (primary N) is 1. The van der Waals surface area contributed by atoms with E-state index in [1.165, 1.54) is 4.90 Å². The Hall–Kier alpha value is -1.98. The minimum Gasteiger partial charge on any atom is -0.370 e. The Morgan fingerprint density at radius 1 is 1.43 bits per heavy atom. The van der Waals surface area contributed by atoms with E-state index in [0.29, 0.717) is 0 Å². The monoisotopic (exact) mass is 194 g/mol. The number of aromatic amines is 1. The molecule has 0 bridgehead atoms. The third-order valence-electron chi connectivity index (χ3n) is 1.97. The molecule has 6 heteroatoms. The topological polar surface area (TPSA) is 96.0 Å². The minimum atomic E-state index is -0.155. The van der Waals surface area contributed by atoms with Crippen LogP contribution in [0.15, 0.2) is 18.5 Å². The van der Waals surface area contributed by atoms with Gasteiger partial charge in [0, 0.05) is 26.5 Å². The lowest BCUT2D eigenvalue weighted by molar-refractivity contribution is 0.708. The largest absolute Gasteiger partial charge is 0.370 e. The van der Waals surface area contributed by atoms with Gasteiger partial charge < -0.3 is 15.6 Å². The fourth-order valence-electron chi connectivity index (χ4n) is 0.985. The second-order valence-corrected chi connectivity index (χ2v) is 2.90. The molecular weight excluding hydrogens is 180 g/mol.